The zero-order valence-electron chi connectivity index (χ0n) is 4.52. The monoisotopic (exact) mass is 119 g/mol. The summed E-state index contributed by atoms with van der Waals surface area (Å²) in [5, 5.41) is 7.31. The third-order valence-corrected chi connectivity index (χ3v) is 1.02. The summed E-state index contributed by atoms with van der Waals surface area (Å²) in [6.45, 7) is 0. The number of imidazole rings is 1. The summed E-state index contributed by atoms with van der Waals surface area (Å²) < 4.78 is 1.67. The van der Waals surface area contributed by atoms with Crippen LogP contribution in [0.25, 0.3) is 5.78 Å². The molecule has 2 heterocycles. The van der Waals surface area contributed by atoms with Crippen molar-refractivity contribution >= 4 is 5.78 Å². The SMILES string of the molecule is [c]1cnnc2nccn12. The van der Waals surface area contributed by atoms with Crippen molar-refractivity contribution in [3.8, 4) is 0 Å². The van der Waals surface area contributed by atoms with Crippen LogP contribution in [0.2, 0.25) is 0 Å². The zero-order valence-corrected chi connectivity index (χ0v) is 4.52. The van der Waals surface area contributed by atoms with Gasteiger partial charge in [0.15, 0.2) is 0 Å². The Morgan fingerprint density at radius 1 is 1.56 bits per heavy atom. The molecule has 2 rings (SSSR count). The van der Waals surface area contributed by atoms with Crippen molar-refractivity contribution in [2.24, 2.45) is 0 Å². The van der Waals surface area contributed by atoms with Gasteiger partial charge in [0.2, 0.25) is 0 Å². The summed E-state index contributed by atoms with van der Waals surface area (Å²) in [4.78, 5) is 3.88. The Kier molecular flexibility index (Phi) is 0.745. The number of fused-ring (bicyclic) bond motifs is 1. The molecule has 9 heavy (non-hydrogen) atoms. The molecule has 0 spiro atoms. The molecule has 0 N–H and O–H groups in total. The highest BCUT2D eigenvalue weighted by atomic mass is 15.2. The largest absolute Gasteiger partial charge is 0.279 e. The quantitative estimate of drug-likeness (QED) is 0.487. The number of rotatable bonds is 0. The molecular weight excluding hydrogens is 116 g/mol. The minimum Gasteiger partial charge on any atom is -0.279 e. The molecule has 4 heteroatoms. The maximum atomic E-state index is 3.88. The molecule has 0 unspecified atom stereocenters. The summed E-state index contributed by atoms with van der Waals surface area (Å²) in [7, 11) is 0. The van der Waals surface area contributed by atoms with Crippen molar-refractivity contribution in [1.82, 2.24) is 19.6 Å². The van der Waals surface area contributed by atoms with Crippen LogP contribution in [0.5, 0.6) is 0 Å². The van der Waals surface area contributed by atoms with E-state index in [4.69, 9.17) is 0 Å². The van der Waals surface area contributed by atoms with Crippen LogP contribution in [0.15, 0.2) is 18.6 Å². The maximum Gasteiger partial charge on any atom is 0.254 e. The van der Waals surface area contributed by atoms with E-state index in [9.17, 15) is 0 Å². The van der Waals surface area contributed by atoms with Gasteiger partial charge in [0, 0.05) is 12.4 Å². The molecule has 0 amide bonds. The summed E-state index contributed by atoms with van der Waals surface area (Å²) >= 11 is 0. The highest BCUT2D eigenvalue weighted by Crippen LogP contribution is 1.88. The van der Waals surface area contributed by atoms with Gasteiger partial charge in [-0.1, -0.05) is 0 Å². The summed E-state index contributed by atoms with van der Waals surface area (Å²) in [6, 6.07) is 0. The van der Waals surface area contributed by atoms with E-state index in [-0.39, 0.29) is 0 Å². The predicted molar refractivity (Wildman–Crippen MR) is 29.6 cm³/mol. The van der Waals surface area contributed by atoms with Crippen LogP contribution in [0.4, 0.5) is 0 Å². The van der Waals surface area contributed by atoms with Gasteiger partial charge in [-0.15, -0.1) is 5.10 Å². The minimum atomic E-state index is 0.581. The average Bonchev–Trinajstić information content (AvgIpc) is 2.33. The normalized spacial score (nSPS) is 10.2. The van der Waals surface area contributed by atoms with Gasteiger partial charge < -0.3 is 0 Å². The van der Waals surface area contributed by atoms with E-state index in [1.807, 2.05) is 0 Å². The van der Waals surface area contributed by atoms with E-state index in [1.54, 1.807) is 16.8 Å². The Bertz CT molecular complexity index is 283. The molecule has 0 aromatic carbocycles. The second-order valence-corrected chi connectivity index (χ2v) is 1.57. The fourth-order valence-corrected chi connectivity index (χ4v) is 0.639. The number of hydrogen-bond donors (Lipinski definition) is 0. The number of nitrogens with zero attached hydrogens (tertiary/aromatic N) is 4. The standard InChI is InChI=1S/C5H3N4/c1-3-9-4-2-7-8-5(9)6-1/h1-3H. The third-order valence-electron chi connectivity index (χ3n) is 1.02. The Morgan fingerprint density at radius 2 is 2.56 bits per heavy atom. The molecule has 0 saturated carbocycles. The van der Waals surface area contributed by atoms with Gasteiger partial charge >= 0.3 is 0 Å². The molecule has 2 aromatic rings. The van der Waals surface area contributed by atoms with Gasteiger partial charge in [-0.05, 0) is 0 Å². The van der Waals surface area contributed by atoms with Crippen LogP contribution in [-0.2, 0) is 0 Å². The highest BCUT2D eigenvalue weighted by molar-refractivity contribution is 5.22. The molecule has 0 atom stereocenters. The Labute approximate surface area is 51.2 Å². The first-order valence-electron chi connectivity index (χ1n) is 2.49. The van der Waals surface area contributed by atoms with Gasteiger partial charge in [0.25, 0.3) is 5.78 Å². The van der Waals surface area contributed by atoms with Gasteiger partial charge in [-0.3, -0.25) is 4.40 Å². The maximum absolute atomic E-state index is 3.88. The van der Waals surface area contributed by atoms with Gasteiger partial charge in [-0.2, -0.15) is 5.10 Å². The molecule has 43 valence electrons. The van der Waals surface area contributed by atoms with Crippen LogP contribution in [-0.4, -0.2) is 19.6 Å². The molecule has 0 fully saturated rings. The van der Waals surface area contributed by atoms with Gasteiger partial charge in [0.1, 0.15) is 0 Å². The Morgan fingerprint density at radius 3 is 3.44 bits per heavy atom. The van der Waals surface area contributed by atoms with Gasteiger partial charge in [-0.25, -0.2) is 4.98 Å². The first-order chi connectivity index (χ1) is 4.47. The Balaban J connectivity index is 2.95. The van der Waals surface area contributed by atoms with Crippen molar-refractivity contribution in [3.63, 3.8) is 0 Å². The molecule has 0 aliphatic heterocycles. The van der Waals surface area contributed by atoms with Crippen LogP contribution >= 0.6 is 0 Å². The lowest BCUT2D eigenvalue weighted by atomic mass is 10.8. The lowest BCUT2D eigenvalue weighted by Crippen LogP contribution is -1.88. The lowest BCUT2D eigenvalue weighted by molar-refractivity contribution is 0.959. The smallest absolute Gasteiger partial charge is 0.254 e. The molecule has 1 radical (unpaired) electrons. The molecular formula is C5H3N4. The molecule has 0 aliphatic carbocycles. The summed E-state index contributed by atoms with van der Waals surface area (Å²) in [5.41, 5.74) is 0. The molecule has 0 saturated heterocycles. The van der Waals surface area contributed by atoms with E-state index >= 15 is 0 Å². The fourth-order valence-electron chi connectivity index (χ4n) is 0.639. The van der Waals surface area contributed by atoms with Crippen LogP contribution in [0.1, 0.15) is 0 Å². The zero-order chi connectivity index (χ0) is 6.10. The van der Waals surface area contributed by atoms with E-state index in [0.29, 0.717) is 5.78 Å². The van der Waals surface area contributed by atoms with Crippen LogP contribution in [0.3, 0.4) is 0 Å². The molecule has 4 nitrogen and oxygen atoms in total. The van der Waals surface area contributed by atoms with E-state index in [0.717, 1.165) is 0 Å². The van der Waals surface area contributed by atoms with Crippen molar-refractivity contribution in [3.05, 3.63) is 24.8 Å². The predicted octanol–water partition coefficient (Wildman–Crippen LogP) is -0.0755. The van der Waals surface area contributed by atoms with E-state index in [2.05, 4.69) is 21.4 Å². The fraction of sp³-hybridized carbons (Fsp3) is 0. The number of hydrogen-bond acceptors (Lipinski definition) is 3. The Hall–Kier alpha value is -1.45. The van der Waals surface area contributed by atoms with E-state index in [1.165, 1.54) is 6.20 Å². The minimum absolute atomic E-state index is 0.581. The summed E-state index contributed by atoms with van der Waals surface area (Å²) in [6.07, 6.45) is 7.73. The second-order valence-electron chi connectivity index (χ2n) is 1.57. The molecule has 2 aromatic heterocycles. The molecule has 0 bridgehead atoms. The average molecular weight is 119 g/mol. The topological polar surface area (TPSA) is 43.1 Å². The first-order valence-corrected chi connectivity index (χ1v) is 2.49. The van der Waals surface area contributed by atoms with Crippen molar-refractivity contribution in [2.45, 2.75) is 0 Å². The van der Waals surface area contributed by atoms with Crippen LogP contribution in [0, 0.1) is 6.20 Å². The third kappa shape index (κ3) is 0.561. The van der Waals surface area contributed by atoms with Gasteiger partial charge in [0.05, 0.1) is 12.4 Å². The number of aromatic nitrogens is 4. The van der Waals surface area contributed by atoms with Crippen molar-refractivity contribution in [1.29, 1.82) is 0 Å². The second kappa shape index (κ2) is 1.51. The molecule has 0 aliphatic rings. The lowest BCUT2D eigenvalue weighted by Gasteiger charge is -1.83. The summed E-state index contributed by atoms with van der Waals surface area (Å²) in [5.74, 6) is 0.581. The van der Waals surface area contributed by atoms with Crippen LogP contribution < -0.4 is 0 Å². The van der Waals surface area contributed by atoms with E-state index < -0.39 is 0 Å². The van der Waals surface area contributed by atoms with Crippen molar-refractivity contribution < 1.29 is 0 Å². The van der Waals surface area contributed by atoms with Crippen molar-refractivity contribution in [2.75, 3.05) is 0 Å². The first kappa shape index (κ1) is 4.43. The highest BCUT2D eigenvalue weighted by Gasteiger charge is 1.89.